The summed E-state index contributed by atoms with van der Waals surface area (Å²) < 4.78 is 10.6. The summed E-state index contributed by atoms with van der Waals surface area (Å²) in [4.78, 5) is 5.83. The van der Waals surface area contributed by atoms with Crippen molar-refractivity contribution in [1.82, 2.24) is 4.90 Å². The molecule has 0 amide bonds. The van der Waals surface area contributed by atoms with Crippen LogP contribution in [0.4, 0.5) is 0 Å². The van der Waals surface area contributed by atoms with Crippen LogP contribution in [0.1, 0.15) is 0 Å². The topological polar surface area (TPSA) is 34.1 Å². The molecule has 0 fully saturated rings. The van der Waals surface area contributed by atoms with Gasteiger partial charge in [-0.15, -0.1) is 0 Å². The van der Waals surface area contributed by atoms with Crippen molar-refractivity contribution >= 4 is 14.4 Å². The Morgan fingerprint density at radius 1 is 1.39 bits per heavy atom. The highest BCUT2D eigenvalue weighted by Gasteiger charge is 2.12. The Balaban J connectivity index is 4.06. The number of nitrogens with zero attached hydrogens (tertiary/aromatic N) is 2. The molecule has 0 unspecified atom stereocenters. The smallest absolute Gasteiger partial charge is 0.123 e. The molecule has 0 aromatic carbocycles. The van der Waals surface area contributed by atoms with E-state index in [-0.39, 0.29) is 0 Å². The van der Waals surface area contributed by atoms with Gasteiger partial charge in [0.25, 0.3) is 0 Å². The summed E-state index contributed by atoms with van der Waals surface area (Å²) in [5.41, 5.74) is 0. The molecular formula is C13H26N2O2Si. The van der Waals surface area contributed by atoms with Gasteiger partial charge in [-0.25, -0.2) is 0 Å². The first-order valence-corrected chi connectivity index (χ1v) is 9.76. The zero-order valence-electron chi connectivity index (χ0n) is 12.3. The summed E-state index contributed by atoms with van der Waals surface area (Å²) in [6.45, 7) is 12.0. The SMILES string of the molecule is C=C(/C=C/N(C=NC)COCC[Si](C)(C)C)OC. The zero-order valence-corrected chi connectivity index (χ0v) is 13.3. The lowest BCUT2D eigenvalue weighted by atomic mass is 10.5. The van der Waals surface area contributed by atoms with Crippen LogP contribution in [0.3, 0.4) is 0 Å². The summed E-state index contributed by atoms with van der Waals surface area (Å²) >= 11 is 0. The highest BCUT2D eigenvalue weighted by atomic mass is 28.3. The fourth-order valence-corrected chi connectivity index (χ4v) is 1.82. The Morgan fingerprint density at radius 2 is 2.06 bits per heavy atom. The predicted molar refractivity (Wildman–Crippen MR) is 80.5 cm³/mol. The molecule has 0 atom stereocenters. The van der Waals surface area contributed by atoms with Crippen LogP contribution in [-0.2, 0) is 9.47 Å². The van der Waals surface area contributed by atoms with Crippen LogP contribution in [0.5, 0.6) is 0 Å². The molecule has 0 aromatic heterocycles. The Labute approximate surface area is 112 Å². The quantitative estimate of drug-likeness (QED) is 0.123. The number of hydrogen-bond acceptors (Lipinski definition) is 3. The van der Waals surface area contributed by atoms with Crippen LogP contribution in [0.25, 0.3) is 0 Å². The minimum absolute atomic E-state index is 0.495. The van der Waals surface area contributed by atoms with Crippen molar-refractivity contribution in [2.75, 3.05) is 27.5 Å². The molecule has 0 aliphatic heterocycles. The van der Waals surface area contributed by atoms with Gasteiger partial charge in [0.05, 0.1) is 13.4 Å². The molecular weight excluding hydrogens is 244 g/mol. The largest absolute Gasteiger partial charge is 0.497 e. The number of methoxy groups -OCH3 is 1. The van der Waals surface area contributed by atoms with Crippen molar-refractivity contribution in [3.63, 3.8) is 0 Å². The van der Waals surface area contributed by atoms with Gasteiger partial charge in [0.2, 0.25) is 0 Å². The van der Waals surface area contributed by atoms with Crippen molar-refractivity contribution in [2.24, 2.45) is 4.99 Å². The van der Waals surface area contributed by atoms with Crippen LogP contribution in [0.15, 0.2) is 29.6 Å². The van der Waals surface area contributed by atoms with Crippen molar-refractivity contribution < 1.29 is 9.47 Å². The third-order valence-electron chi connectivity index (χ3n) is 2.21. The Hall–Kier alpha value is -1.07. The Morgan fingerprint density at radius 3 is 2.56 bits per heavy atom. The van der Waals surface area contributed by atoms with Gasteiger partial charge in [-0.05, 0) is 12.1 Å². The molecule has 104 valence electrons. The first-order valence-electron chi connectivity index (χ1n) is 6.06. The minimum atomic E-state index is -1.02. The van der Waals surface area contributed by atoms with E-state index in [0.717, 1.165) is 6.61 Å². The third-order valence-corrected chi connectivity index (χ3v) is 3.92. The van der Waals surface area contributed by atoms with E-state index < -0.39 is 8.07 Å². The fourth-order valence-electron chi connectivity index (χ4n) is 1.06. The van der Waals surface area contributed by atoms with Crippen molar-refractivity contribution in [1.29, 1.82) is 0 Å². The molecule has 0 bridgehead atoms. The van der Waals surface area contributed by atoms with Gasteiger partial charge in [-0.3, -0.25) is 4.99 Å². The lowest BCUT2D eigenvalue weighted by molar-refractivity contribution is 0.0953. The first-order chi connectivity index (χ1) is 8.39. The molecule has 0 aliphatic rings. The van der Waals surface area contributed by atoms with E-state index in [0.29, 0.717) is 12.5 Å². The van der Waals surface area contributed by atoms with E-state index in [2.05, 4.69) is 31.2 Å². The van der Waals surface area contributed by atoms with Gasteiger partial charge in [-0.2, -0.15) is 0 Å². The molecule has 0 saturated carbocycles. The van der Waals surface area contributed by atoms with Gasteiger partial charge in [0, 0.05) is 27.9 Å². The summed E-state index contributed by atoms with van der Waals surface area (Å²) in [6, 6.07) is 1.17. The molecule has 0 N–H and O–H groups in total. The maximum absolute atomic E-state index is 5.64. The molecule has 0 rings (SSSR count). The van der Waals surface area contributed by atoms with Crippen molar-refractivity contribution in [3.05, 3.63) is 24.6 Å². The van der Waals surface area contributed by atoms with Crippen LogP contribution in [0, 0.1) is 0 Å². The second-order valence-corrected chi connectivity index (χ2v) is 10.8. The lowest BCUT2D eigenvalue weighted by Crippen LogP contribution is -2.24. The zero-order chi connectivity index (χ0) is 14.0. The van der Waals surface area contributed by atoms with E-state index in [1.807, 2.05) is 11.1 Å². The Bertz CT molecular complexity index is 296. The normalized spacial score (nSPS) is 12.3. The molecule has 0 radical (unpaired) electrons. The molecule has 5 heteroatoms. The maximum Gasteiger partial charge on any atom is 0.123 e. The number of hydrogen-bond donors (Lipinski definition) is 0. The molecule has 0 saturated heterocycles. The second kappa shape index (κ2) is 8.94. The van der Waals surface area contributed by atoms with E-state index in [4.69, 9.17) is 9.47 Å². The van der Waals surface area contributed by atoms with Crippen LogP contribution < -0.4 is 0 Å². The highest BCUT2D eigenvalue weighted by Crippen LogP contribution is 2.07. The van der Waals surface area contributed by atoms with Crippen molar-refractivity contribution in [3.8, 4) is 0 Å². The van der Waals surface area contributed by atoms with Gasteiger partial charge in [0.15, 0.2) is 0 Å². The standard InChI is InChI=1S/C13H26N2O2Si/c1-13(16-3)7-8-15(11-14-2)12-17-9-10-18(4,5)6/h7-8,11H,1,9-10,12H2,2-6H3/b8-7+,14-11?. The first kappa shape index (κ1) is 16.9. The second-order valence-electron chi connectivity index (χ2n) is 5.22. The number of aliphatic imine (C=N–C) groups is 1. The van der Waals surface area contributed by atoms with Crippen LogP contribution in [-0.4, -0.2) is 46.8 Å². The summed E-state index contributed by atoms with van der Waals surface area (Å²) in [5, 5.41) is 0. The maximum atomic E-state index is 5.64. The van der Waals surface area contributed by atoms with E-state index >= 15 is 0 Å². The molecule has 0 aromatic rings. The molecule has 0 spiro atoms. The monoisotopic (exact) mass is 270 g/mol. The van der Waals surface area contributed by atoms with Crippen molar-refractivity contribution in [2.45, 2.75) is 25.7 Å². The average molecular weight is 270 g/mol. The fraction of sp³-hybridized carbons (Fsp3) is 0.615. The van der Waals surface area contributed by atoms with E-state index in [9.17, 15) is 0 Å². The molecule has 4 nitrogen and oxygen atoms in total. The molecule has 0 aliphatic carbocycles. The average Bonchev–Trinajstić information content (AvgIpc) is 2.29. The summed E-state index contributed by atoms with van der Waals surface area (Å²) in [7, 11) is 2.30. The van der Waals surface area contributed by atoms with Gasteiger partial charge < -0.3 is 14.4 Å². The van der Waals surface area contributed by atoms with Gasteiger partial charge in [0.1, 0.15) is 12.5 Å². The minimum Gasteiger partial charge on any atom is -0.497 e. The summed E-state index contributed by atoms with van der Waals surface area (Å²) in [6.07, 6.45) is 5.34. The predicted octanol–water partition coefficient (Wildman–Crippen LogP) is 2.93. The molecule has 18 heavy (non-hydrogen) atoms. The number of allylic oxidation sites excluding steroid dienone is 1. The number of ether oxygens (including phenoxy) is 2. The van der Waals surface area contributed by atoms with Gasteiger partial charge >= 0.3 is 0 Å². The lowest BCUT2D eigenvalue weighted by Gasteiger charge is -2.18. The highest BCUT2D eigenvalue weighted by molar-refractivity contribution is 6.76. The number of rotatable bonds is 9. The Kier molecular flexibility index (Phi) is 8.40. The van der Waals surface area contributed by atoms with E-state index in [1.54, 1.807) is 26.6 Å². The van der Waals surface area contributed by atoms with Crippen LogP contribution >= 0.6 is 0 Å². The third kappa shape index (κ3) is 10.1. The van der Waals surface area contributed by atoms with Crippen LogP contribution in [0.2, 0.25) is 25.7 Å². The summed E-state index contributed by atoms with van der Waals surface area (Å²) in [5.74, 6) is 0.603. The van der Waals surface area contributed by atoms with E-state index in [1.165, 1.54) is 6.04 Å². The molecule has 0 heterocycles. The van der Waals surface area contributed by atoms with Gasteiger partial charge in [-0.1, -0.05) is 26.2 Å².